The molecule has 33 heavy (non-hydrogen) atoms. The van der Waals surface area contributed by atoms with Gasteiger partial charge in [-0.15, -0.1) is 0 Å². The molecule has 4 amide bonds. The molecule has 0 aromatic heterocycles. The highest BCUT2D eigenvalue weighted by molar-refractivity contribution is 7.91. The first-order valence-electron chi connectivity index (χ1n) is 10.5. The molecule has 1 aliphatic rings. The van der Waals surface area contributed by atoms with Crippen LogP contribution in [0.5, 0.6) is 5.75 Å². The number of nitrogens with one attached hydrogen (secondary N) is 1. The monoisotopic (exact) mass is 503 g/mol. The highest BCUT2D eigenvalue weighted by Gasteiger charge is 2.48. The summed E-state index contributed by atoms with van der Waals surface area (Å²) in [5, 5.41) is 9.57. The normalized spacial score (nSPS) is 16.8. The standard InChI is InChI=1S/C21H30ClN3O7S/c1-21(2)19(27)25(20(28)24(21)3)11-4-6-15(18(26)23-29)14-33(30,31)13-5-12-32-17-9-7-16(22)8-10-17/h7-10,15,29H,4-6,11-14H2,1-3H3,(H,23,26). The molecule has 1 heterocycles. The first kappa shape index (κ1) is 26.9. The molecular formula is C21H30ClN3O7S. The predicted molar refractivity (Wildman–Crippen MR) is 122 cm³/mol. The number of halogens is 1. The molecule has 1 unspecified atom stereocenters. The van der Waals surface area contributed by atoms with E-state index in [0.29, 0.717) is 10.8 Å². The molecule has 1 aromatic rings. The van der Waals surface area contributed by atoms with E-state index in [4.69, 9.17) is 21.5 Å². The zero-order chi connectivity index (χ0) is 24.8. The van der Waals surface area contributed by atoms with Gasteiger partial charge in [-0.25, -0.2) is 18.7 Å². The van der Waals surface area contributed by atoms with Crippen LogP contribution in [0.25, 0.3) is 0 Å². The Morgan fingerprint density at radius 2 is 1.85 bits per heavy atom. The largest absolute Gasteiger partial charge is 0.494 e. The van der Waals surface area contributed by atoms with Crippen molar-refractivity contribution in [3.63, 3.8) is 0 Å². The van der Waals surface area contributed by atoms with E-state index in [2.05, 4.69) is 0 Å². The highest BCUT2D eigenvalue weighted by atomic mass is 35.5. The van der Waals surface area contributed by atoms with Gasteiger partial charge in [0, 0.05) is 18.6 Å². The van der Waals surface area contributed by atoms with Gasteiger partial charge in [0.25, 0.3) is 5.91 Å². The number of hydroxylamine groups is 1. The molecule has 12 heteroatoms. The molecule has 184 valence electrons. The van der Waals surface area contributed by atoms with Gasteiger partial charge >= 0.3 is 6.03 Å². The Balaban J connectivity index is 1.86. The van der Waals surface area contributed by atoms with Crippen LogP contribution in [0.1, 0.15) is 33.1 Å². The number of sulfone groups is 1. The van der Waals surface area contributed by atoms with Crippen LogP contribution in [-0.4, -0.2) is 78.5 Å². The van der Waals surface area contributed by atoms with Gasteiger partial charge in [0.1, 0.15) is 11.3 Å². The van der Waals surface area contributed by atoms with E-state index < -0.39 is 39.0 Å². The van der Waals surface area contributed by atoms with Crippen LogP contribution in [-0.2, 0) is 19.4 Å². The lowest BCUT2D eigenvalue weighted by Crippen LogP contribution is -2.41. The summed E-state index contributed by atoms with van der Waals surface area (Å²) in [4.78, 5) is 39.2. The van der Waals surface area contributed by atoms with Crippen LogP contribution in [0, 0.1) is 5.92 Å². The number of amides is 4. The summed E-state index contributed by atoms with van der Waals surface area (Å²) in [6.45, 7) is 3.49. The first-order valence-corrected chi connectivity index (χ1v) is 12.7. The second-order valence-corrected chi connectivity index (χ2v) is 11.1. The van der Waals surface area contributed by atoms with Crippen molar-refractivity contribution in [1.29, 1.82) is 0 Å². The molecular weight excluding hydrogens is 474 g/mol. The molecule has 1 fully saturated rings. The Morgan fingerprint density at radius 1 is 1.21 bits per heavy atom. The van der Waals surface area contributed by atoms with Crippen molar-refractivity contribution >= 4 is 39.3 Å². The fourth-order valence-electron chi connectivity index (χ4n) is 3.44. The van der Waals surface area contributed by atoms with Crippen molar-refractivity contribution in [1.82, 2.24) is 15.3 Å². The predicted octanol–water partition coefficient (Wildman–Crippen LogP) is 2.10. The minimum atomic E-state index is -3.62. The van der Waals surface area contributed by atoms with Gasteiger partial charge in [-0.1, -0.05) is 11.6 Å². The van der Waals surface area contributed by atoms with Crippen molar-refractivity contribution in [2.24, 2.45) is 5.92 Å². The van der Waals surface area contributed by atoms with E-state index in [1.54, 1.807) is 38.1 Å². The molecule has 2 N–H and O–H groups in total. The Hall–Kier alpha value is -2.37. The fourth-order valence-corrected chi connectivity index (χ4v) is 5.23. The number of ether oxygens (including phenoxy) is 1. The van der Waals surface area contributed by atoms with Gasteiger partial charge in [0.2, 0.25) is 5.91 Å². The lowest BCUT2D eigenvalue weighted by molar-refractivity contribution is -0.133. The lowest BCUT2D eigenvalue weighted by atomic mass is 10.0. The molecule has 0 spiro atoms. The molecule has 1 aromatic carbocycles. The van der Waals surface area contributed by atoms with Crippen molar-refractivity contribution in [3.8, 4) is 5.75 Å². The zero-order valence-electron chi connectivity index (χ0n) is 18.9. The number of rotatable bonds is 12. The number of likely N-dealkylation sites (N-methyl/N-ethyl adjacent to an activating group) is 1. The van der Waals surface area contributed by atoms with E-state index in [1.165, 1.54) is 17.4 Å². The second-order valence-electron chi connectivity index (χ2n) is 8.44. The number of carbonyl (C=O) groups excluding carboxylic acids is 3. The summed E-state index contributed by atoms with van der Waals surface area (Å²) in [6.07, 6.45) is 0.513. The van der Waals surface area contributed by atoms with Gasteiger partial charge in [-0.2, -0.15) is 0 Å². The summed E-state index contributed by atoms with van der Waals surface area (Å²) in [5.41, 5.74) is 0.541. The summed E-state index contributed by atoms with van der Waals surface area (Å²) in [7, 11) is -2.09. The Bertz CT molecular complexity index is 967. The Labute approximate surface area is 198 Å². The summed E-state index contributed by atoms with van der Waals surface area (Å²) < 4.78 is 30.5. The van der Waals surface area contributed by atoms with E-state index in [1.807, 2.05) is 0 Å². The molecule has 10 nitrogen and oxygen atoms in total. The Morgan fingerprint density at radius 3 is 2.39 bits per heavy atom. The molecule has 0 bridgehead atoms. The fraction of sp³-hybridized carbons (Fsp3) is 0.571. The van der Waals surface area contributed by atoms with Crippen LogP contribution in [0.3, 0.4) is 0 Å². The third kappa shape index (κ3) is 7.05. The number of benzene rings is 1. The summed E-state index contributed by atoms with van der Waals surface area (Å²) in [5.74, 6) is -2.30. The number of carbonyl (C=O) groups is 3. The number of hydrogen-bond donors (Lipinski definition) is 2. The average Bonchev–Trinajstić information content (AvgIpc) is 2.91. The second kappa shape index (κ2) is 11.2. The molecule has 1 atom stereocenters. The molecule has 1 saturated heterocycles. The quantitative estimate of drug-likeness (QED) is 0.193. The van der Waals surface area contributed by atoms with Crippen LogP contribution in [0.2, 0.25) is 5.02 Å². The maximum Gasteiger partial charge on any atom is 0.327 e. The third-order valence-corrected chi connectivity index (χ3v) is 7.75. The van der Waals surface area contributed by atoms with Crippen molar-refractivity contribution < 1.29 is 32.7 Å². The molecule has 1 aliphatic heterocycles. The average molecular weight is 504 g/mol. The molecule has 0 aliphatic carbocycles. The van der Waals surface area contributed by atoms with Crippen LogP contribution in [0.4, 0.5) is 4.79 Å². The smallest absolute Gasteiger partial charge is 0.327 e. The van der Waals surface area contributed by atoms with Gasteiger partial charge < -0.3 is 9.64 Å². The lowest BCUT2D eigenvalue weighted by Gasteiger charge is -2.22. The zero-order valence-corrected chi connectivity index (χ0v) is 20.5. The van der Waals surface area contributed by atoms with E-state index in [-0.39, 0.29) is 44.1 Å². The van der Waals surface area contributed by atoms with E-state index >= 15 is 0 Å². The minimum Gasteiger partial charge on any atom is -0.494 e. The van der Waals surface area contributed by atoms with E-state index in [9.17, 15) is 22.8 Å². The van der Waals surface area contributed by atoms with E-state index in [0.717, 1.165) is 4.90 Å². The SMILES string of the molecule is CN1C(=O)N(CCCC(CS(=O)(=O)CCCOc2ccc(Cl)cc2)C(=O)NO)C(=O)C1(C)C. The summed E-state index contributed by atoms with van der Waals surface area (Å²) in [6, 6.07) is 6.23. The molecule has 0 radical (unpaired) electrons. The van der Waals surface area contributed by atoms with Crippen LogP contribution >= 0.6 is 11.6 Å². The maximum absolute atomic E-state index is 12.5. The highest BCUT2D eigenvalue weighted by Crippen LogP contribution is 2.26. The maximum atomic E-state index is 12.5. The number of nitrogens with zero attached hydrogens (tertiary/aromatic N) is 2. The van der Waals surface area contributed by atoms with Crippen molar-refractivity contribution in [2.75, 3.05) is 31.7 Å². The third-order valence-electron chi connectivity index (χ3n) is 5.68. The van der Waals surface area contributed by atoms with Crippen LogP contribution in [0.15, 0.2) is 24.3 Å². The number of hydrogen-bond acceptors (Lipinski definition) is 7. The topological polar surface area (TPSA) is 133 Å². The van der Waals surface area contributed by atoms with Gasteiger partial charge in [-0.3, -0.25) is 19.7 Å². The van der Waals surface area contributed by atoms with Crippen molar-refractivity contribution in [2.45, 2.75) is 38.6 Å². The minimum absolute atomic E-state index is 0.0512. The summed E-state index contributed by atoms with van der Waals surface area (Å²) >= 11 is 5.80. The molecule has 0 saturated carbocycles. The first-order chi connectivity index (χ1) is 15.4. The van der Waals surface area contributed by atoms with Gasteiger partial charge in [0.15, 0.2) is 9.84 Å². The Kier molecular flexibility index (Phi) is 9.10. The van der Waals surface area contributed by atoms with Gasteiger partial charge in [0.05, 0.1) is 24.0 Å². The van der Waals surface area contributed by atoms with Crippen LogP contribution < -0.4 is 10.2 Å². The molecule has 2 rings (SSSR count). The van der Waals surface area contributed by atoms with Crippen molar-refractivity contribution in [3.05, 3.63) is 29.3 Å². The number of imide groups is 1. The van der Waals surface area contributed by atoms with Gasteiger partial charge in [-0.05, 0) is 57.4 Å². The number of urea groups is 1.